The zero-order chi connectivity index (χ0) is 15.7. The molecule has 3 N–H and O–H groups in total. The van der Waals surface area contributed by atoms with E-state index in [0.717, 1.165) is 31.2 Å². The number of benzene rings is 1. The smallest absolute Gasteiger partial charge is 0.220 e. The molecule has 0 spiro atoms. The molecular formula is C17H27FN2O. The summed E-state index contributed by atoms with van der Waals surface area (Å²) in [6.45, 7) is 4.93. The van der Waals surface area contributed by atoms with Gasteiger partial charge < -0.3 is 11.1 Å². The summed E-state index contributed by atoms with van der Waals surface area (Å²) in [7, 11) is 0. The summed E-state index contributed by atoms with van der Waals surface area (Å²) in [5, 5.41) is 2.85. The third-order valence-corrected chi connectivity index (χ3v) is 3.78. The molecule has 0 heterocycles. The van der Waals surface area contributed by atoms with Gasteiger partial charge in [0.25, 0.3) is 0 Å². The van der Waals surface area contributed by atoms with Gasteiger partial charge in [-0.05, 0) is 49.4 Å². The van der Waals surface area contributed by atoms with Crippen LogP contribution in [0.2, 0.25) is 0 Å². The van der Waals surface area contributed by atoms with Crippen LogP contribution < -0.4 is 11.1 Å². The molecule has 1 unspecified atom stereocenters. The van der Waals surface area contributed by atoms with Crippen molar-refractivity contribution in [3.05, 3.63) is 35.1 Å². The minimum atomic E-state index is -0.229. The van der Waals surface area contributed by atoms with Gasteiger partial charge in [-0.2, -0.15) is 0 Å². The highest BCUT2D eigenvalue weighted by Gasteiger charge is 2.10. The van der Waals surface area contributed by atoms with Gasteiger partial charge in [0.15, 0.2) is 0 Å². The van der Waals surface area contributed by atoms with E-state index < -0.39 is 0 Å². The average Bonchev–Trinajstić information content (AvgIpc) is 2.46. The third-order valence-electron chi connectivity index (χ3n) is 3.78. The first kappa shape index (κ1) is 17.6. The van der Waals surface area contributed by atoms with Crippen molar-refractivity contribution >= 4 is 5.91 Å². The lowest BCUT2D eigenvalue weighted by Crippen LogP contribution is -2.23. The zero-order valence-electron chi connectivity index (χ0n) is 13.1. The summed E-state index contributed by atoms with van der Waals surface area (Å²) in [5.41, 5.74) is 7.00. The summed E-state index contributed by atoms with van der Waals surface area (Å²) in [5.74, 6) is 0.324. The second-order valence-electron chi connectivity index (χ2n) is 5.63. The van der Waals surface area contributed by atoms with Crippen molar-refractivity contribution in [1.29, 1.82) is 0 Å². The van der Waals surface area contributed by atoms with Gasteiger partial charge in [-0.25, -0.2) is 4.39 Å². The fourth-order valence-corrected chi connectivity index (χ4v) is 2.45. The number of rotatable bonds is 9. The standard InChI is InChI=1S/C17H27FN2O/c1-3-4-14(9-10-19)7-8-17(21)20-12-15-6-5-13(2)16(18)11-15/h5-6,11,14H,3-4,7-10,12,19H2,1-2H3,(H,20,21). The summed E-state index contributed by atoms with van der Waals surface area (Å²) < 4.78 is 13.4. The Morgan fingerprint density at radius 2 is 2.10 bits per heavy atom. The van der Waals surface area contributed by atoms with Crippen LogP contribution in [0.15, 0.2) is 18.2 Å². The van der Waals surface area contributed by atoms with E-state index in [2.05, 4.69) is 12.2 Å². The number of hydrogen-bond acceptors (Lipinski definition) is 2. The number of carbonyl (C=O) groups is 1. The van der Waals surface area contributed by atoms with Crippen molar-refractivity contribution in [2.45, 2.75) is 52.5 Å². The van der Waals surface area contributed by atoms with E-state index in [1.807, 2.05) is 6.07 Å². The van der Waals surface area contributed by atoms with Crippen molar-refractivity contribution < 1.29 is 9.18 Å². The van der Waals surface area contributed by atoms with Crippen LogP contribution in [-0.2, 0) is 11.3 Å². The highest BCUT2D eigenvalue weighted by molar-refractivity contribution is 5.75. The summed E-state index contributed by atoms with van der Waals surface area (Å²) >= 11 is 0. The minimum Gasteiger partial charge on any atom is -0.352 e. The molecular weight excluding hydrogens is 267 g/mol. The molecule has 0 aliphatic carbocycles. The largest absolute Gasteiger partial charge is 0.352 e. The van der Waals surface area contributed by atoms with Gasteiger partial charge in [0.05, 0.1) is 0 Å². The van der Waals surface area contributed by atoms with Crippen LogP contribution in [0.25, 0.3) is 0 Å². The monoisotopic (exact) mass is 294 g/mol. The van der Waals surface area contributed by atoms with Gasteiger partial charge in [-0.1, -0.05) is 31.9 Å². The van der Waals surface area contributed by atoms with Crippen molar-refractivity contribution in [2.75, 3.05) is 6.54 Å². The summed E-state index contributed by atoms with van der Waals surface area (Å²) in [4.78, 5) is 11.8. The highest BCUT2D eigenvalue weighted by atomic mass is 19.1. The zero-order valence-corrected chi connectivity index (χ0v) is 13.1. The Bertz CT molecular complexity index is 442. The fourth-order valence-electron chi connectivity index (χ4n) is 2.45. The molecule has 1 aromatic carbocycles. The molecule has 0 saturated heterocycles. The van der Waals surface area contributed by atoms with E-state index in [1.165, 1.54) is 6.07 Å². The molecule has 0 radical (unpaired) electrons. The number of nitrogens with two attached hydrogens (primary N) is 1. The fraction of sp³-hybridized carbons (Fsp3) is 0.588. The maximum absolute atomic E-state index is 13.4. The van der Waals surface area contributed by atoms with E-state index in [-0.39, 0.29) is 11.7 Å². The van der Waals surface area contributed by atoms with Crippen LogP contribution in [-0.4, -0.2) is 12.5 Å². The summed E-state index contributed by atoms with van der Waals surface area (Å²) in [6, 6.07) is 5.05. The number of hydrogen-bond donors (Lipinski definition) is 2. The van der Waals surface area contributed by atoms with Crippen molar-refractivity contribution in [1.82, 2.24) is 5.32 Å². The van der Waals surface area contributed by atoms with Crippen molar-refractivity contribution in [2.24, 2.45) is 11.7 Å². The quantitative estimate of drug-likeness (QED) is 0.734. The number of amides is 1. The highest BCUT2D eigenvalue weighted by Crippen LogP contribution is 2.17. The Hall–Kier alpha value is -1.42. The number of halogens is 1. The molecule has 21 heavy (non-hydrogen) atoms. The van der Waals surface area contributed by atoms with Gasteiger partial charge in [0.2, 0.25) is 5.91 Å². The van der Waals surface area contributed by atoms with Crippen LogP contribution in [0.3, 0.4) is 0 Å². The van der Waals surface area contributed by atoms with Crippen LogP contribution >= 0.6 is 0 Å². The Labute approximate surface area is 127 Å². The Balaban J connectivity index is 2.34. The molecule has 1 aromatic rings. The second-order valence-corrected chi connectivity index (χ2v) is 5.63. The Kier molecular flexibility index (Phi) is 7.98. The molecule has 0 aliphatic rings. The van der Waals surface area contributed by atoms with Gasteiger partial charge in [-0.3, -0.25) is 4.79 Å². The molecule has 0 aliphatic heterocycles. The summed E-state index contributed by atoms with van der Waals surface area (Å²) in [6.07, 6.45) is 4.60. The van der Waals surface area contributed by atoms with Crippen molar-refractivity contribution in [3.63, 3.8) is 0 Å². The lowest BCUT2D eigenvalue weighted by Gasteiger charge is -2.14. The number of nitrogens with one attached hydrogen (secondary N) is 1. The van der Waals surface area contributed by atoms with E-state index in [9.17, 15) is 9.18 Å². The lowest BCUT2D eigenvalue weighted by molar-refractivity contribution is -0.121. The van der Waals surface area contributed by atoms with E-state index in [4.69, 9.17) is 5.73 Å². The molecule has 4 heteroatoms. The molecule has 118 valence electrons. The number of aryl methyl sites for hydroxylation is 1. The molecule has 0 bridgehead atoms. The first-order chi connectivity index (χ1) is 10.1. The lowest BCUT2D eigenvalue weighted by atomic mass is 9.94. The van der Waals surface area contributed by atoms with Crippen molar-refractivity contribution in [3.8, 4) is 0 Å². The molecule has 0 aromatic heterocycles. The van der Waals surface area contributed by atoms with Crippen LogP contribution in [0.4, 0.5) is 4.39 Å². The van der Waals surface area contributed by atoms with E-state index in [1.54, 1.807) is 13.0 Å². The molecule has 1 atom stereocenters. The molecule has 1 rings (SSSR count). The predicted octanol–water partition coefficient (Wildman–Crippen LogP) is 3.30. The molecule has 3 nitrogen and oxygen atoms in total. The van der Waals surface area contributed by atoms with Crippen LogP contribution in [0.1, 0.15) is 50.2 Å². The number of carbonyl (C=O) groups excluding carboxylic acids is 1. The molecule has 0 saturated carbocycles. The van der Waals surface area contributed by atoms with Gasteiger partial charge in [-0.15, -0.1) is 0 Å². The van der Waals surface area contributed by atoms with E-state index >= 15 is 0 Å². The molecule has 0 fully saturated rings. The first-order valence-corrected chi connectivity index (χ1v) is 7.78. The maximum atomic E-state index is 13.4. The van der Waals surface area contributed by atoms with Gasteiger partial charge in [0, 0.05) is 13.0 Å². The third kappa shape index (κ3) is 6.71. The SMILES string of the molecule is CCCC(CCN)CCC(=O)NCc1ccc(C)c(F)c1. The van der Waals surface area contributed by atoms with Crippen LogP contribution in [0, 0.1) is 18.7 Å². The second kappa shape index (κ2) is 9.50. The Morgan fingerprint density at radius 1 is 1.33 bits per heavy atom. The average molecular weight is 294 g/mol. The van der Waals surface area contributed by atoms with Gasteiger partial charge in [0.1, 0.15) is 5.82 Å². The molecule has 1 amide bonds. The minimum absolute atomic E-state index is 0.0223. The Morgan fingerprint density at radius 3 is 2.71 bits per heavy atom. The normalized spacial score (nSPS) is 12.2. The van der Waals surface area contributed by atoms with Crippen LogP contribution in [0.5, 0.6) is 0 Å². The first-order valence-electron chi connectivity index (χ1n) is 7.78. The van der Waals surface area contributed by atoms with E-state index in [0.29, 0.717) is 31.0 Å². The van der Waals surface area contributed by atoms with Gasteiger partial charge >= 0.3 is 0 Å². The predicted molar refractivity (Wildman–Crippen MR) is 84.3 cm³/mol. The maximum Gasteiger partial charge on any atom is 0.220 e. The topological polar surface area (TPSA) is 55.1 Å².